The summed E-state index contributed by atoms with van der Waals surface area (Å²) in [6.45, 7) is 6.91. The zero-order valence-corrected chi connectivity index (χ0v) is 16.3. The van der Waals surface area contributed by atoms with Crippen molar-refractivity contribution >= 4 is 35.1 Å². The standard InChI is InChI=1S/C18H26Cl2N4O/c1-3-17(25)24-8-6-16(12-24)23-18(21-4-2)22-7-5-13-9-14(19)11-15(20)10-13/h9-11,16H,3-8,12H2,1-2H3,(H2,21,22,23). The molecular formula is C18H26Cl2N4O. The summed E-state index contributed by atoms with van der Waals surface area (Å²) in [5, 5.41) is 7.97. The molecule has 1 fully saturated rings. The monoisotopic (exact) mass is 384 g/mol. The number of nitrogens with zero attached hydrogens (tertiary/aromatic N) is 2. The second-order valence-corrected chi connectivity index (χ2v) is 6.98. The van der Waals surface area contributed by atoms with E-state index in [2.05, 4.69) is 15.6 Å². The lowest BCUT2D eigenvalue weighted by molar-refractivity contribution is -0.129. The van der Waals surface area contributed by atoms with Gasteiger partial charge < -0.3 is 15.5 Å². The molecule has 1 heterocycles. The van der Waals surface area contributed by atoms with E-state index in [1.807, 2.05) is 30.9 Å². The number of amides is 1. The van der Waals surface area contributed by atoms with Gasteiger partial charge in [-0.25, -0.2) is 0 Å². The summed E-state index contributed by atoms with van der Waals surface area (Å²) in [5.41, 5.74) is 1.07. The minimum Gasteiger partial charge on any atom is -0.357 e. The quantitative estimate of drug-likeness (QED) is 0.585. The van der Waals surface area contributed by atoms with Crippen molar-refractivity contribution in [3.8, 4) is 0 Å². The second-order valence-electron chi connectivity index (χ2n) is 6.11. The van der Waals surface area contributed by atoms with Crippen molar-refractivity contribution < 1.29 is 4.79 Å². The van der Waals surface area contributed by atoms with Gasteiger partial charge in [0.1, 0.15) is 0 Å². The molecule has 0 saturated carbocycles. The average Bonchev–Trinajstić information content (AvgIpc) is 3.02. The molecule has 0 spiro atoms. The molecule has 1 aliphatic rings. The fourth-order valence-corrected chi connectivity index (χ4v) is 3.46. The van der Waals surface area contributed by atoms with Crippen molar-refractivity contribution in [2.75, 3.05) is 26.2 Å². The normalized spacial score (nSPS) is 17.7. The van der Waals surface area contributed by atoms with Crippen molar-refractivity contribution in [2.45, 2.75) is 39.2 Å². The molecule has 1 aromatic carbocycles. The van der Waals surface area contributed by atoms with Crippen LogP contribution in [0.3, 0.4) is 0 Å². The van der Waals surface area contributed by atoms with Crippen LogP contribution >= 0.6 is 23.2 Å². The van der Waals surface area contributed by atoms with Gasteiger partial charge in [-0.3, -0.25) is 9.79 Å². The van der Waals surface area contributed by atoms with Gasteiger partial charge in [0.15, 0.2) is 5.96 Å². The van der Waals surface area contributed by atoms with Crippen molar-refractivity contribution in [3.05, 3.63) is 33.8 Å². The van der Waals surface area contributed by atoms with Crippen LogP contribution in [0.4, 0.5) is 0 Å². The Hall–Kier alpha value is -1.46. The van der Waals surface area contributed by atoms with Crippen LogP contribution in [0.1, 0.15) is 32.3 Å². The van der Waals surface area contributed by atoms with Gasteiger partial charge in [0.05, 0.1) is 0 Å². The van der Waals surface area contributed by atoms with Crippen LogP contribution in [-0.2, 0) is 11.2 Å². The van der Waals surface area contributed by atoms with Gasteiger partial charge in [-0.05, 0) is 43.5 Å². The first-order valence-electron chi connectivity index (χ1n) is 8.79. The summed E-state index contributed by atoms with van der Waals surface area (Å²) in [5.74, 6) is 0.996. The van der Waals surface area contributed by atoms with E-state index in [0.717, 1.165) is 44.0 Å². The molecule has 1 saturated heterocycles. The van der Waals surface area contributed by atoms with E-state index >= 15 is 0 Å². The summed E-state index contributed by atoms with van der Waals surface area (Å²) in [6.07, 6.45) is 2.27. The zero-order chi connectivity index (χ0) is 18.2. The summed E-state index contributed by atoms with van der Waals surface area (Å²) < 4.78 is 0. The third-order valence-corrected chi connectivity index (χ3v) is 4.56. The van der Waals surface area contributed by atoms with Gasteiger partial charge in [-0.15, -0.1) is 0 Å². The predicted molar refractivity (Wildman–Crippen MR) is 105 cm³/mol. The number of guanidine groups is 1. The molecule has 2 N–H and O–H groups in total. The third kappa shape index (κ3) is 6.40. The molecule has 2 rings (SSSR count). The van der Waals surface area contributed by atoms with Gasteiger partial charge in [0.25, 0.3) is 0 Å². The molecule has 0 aliphatic carbocycles. The van der Waals surface area contributed by atoms with Crippen molar-refractivity contribution in [3.63, 3.8) is 0 Å². The Kier molecular flexibility index (Phi) is 7.85. The molecule has 1 unspecified atom stereocenters. The van der Waals surface area contributed by atoms with Crippen LogP contribution in [0.25, 0.3) is 0 Å². The number of carbonyl (C=O) groups excluding carboxylic acids is 1. The minimum atomic E-state index is 0.212. The number of aliphatic imine (C=N–C) groups is 1. The first-order chi connectivity index (χ1) is 12.0. The van der Waals surface area contributed by atoms with Gasteiger partial charge in [0.2, 0.25) is 5.91 Å². The van der Waals surface area contributed by atoms with Crippen LogP contribution in [0, 0.1) is 0 Å². The molecule has 5 nitrogen and oxygen atoms in total. The van der Waals surface area contributed by atoms with E-state index < -0.39 is 0 Å². The summed E-state index contributed by atoms with van der Waals surface area (Å²) >= 11 is 12.1. The van der Waals surface area contributed by atoms with Gasteiger partial charge in [-0.2, -0.15) is 0 Å². The van der Waals surface area contributed by atoms with Crippen molar-refractivity contribution in [1.29, 1.82) is 0 Å². The van der Waals surface area contributed by atoms with E-state index in [1.54, 1.807) is 6.07 Å². The summed E-state index contributed by atoms with van der Waals surface area (Å²) in [4.78, 5) is 18.3. The molecule has 1 aromatic rings. The number of benzene rings is 1. The molecule has 0 bridgehead atoms. The van der Waals surface area contributed by atoms with Crippen LogP contribution in [-0.4, -0.2) is 49.0 Å². The number of nitrogens with one attached hydrogen (secondary N) is 2. The van der Waals surface area contributed by atoms with E-state index in [4.69, 9.17) is 23.2 Å². The van der Waals surface area contributed by atoms with Gasteiger partial charge >= 0.3 is 0 Å². The van der Waals surface area contributed by atoms with Crippen LogP contribution in [0.15, 0.2) is 23.2 Å². The topological polar surface area (TPSA) is 56.7 Å². The number of rotatable bonds is 6. The van der Waals surface area contributed by atoms with Crippen molar-refractivity contribution in [1.82, 2.24) is 15.5 Å². The van der Waals surface area contributed by atoms with E-state index in [1.165, 1.54) is 0 Å². The number of carbonyl (C=O) groups is 1. The maximum atomic E-state index is 11.8. The van der Waals surface area contributed by atoms with Gasteiger partial charge in [0, 0.05) is 48.7 Å². The predicted octanol–water partition coefficient (Wildman–Crippen LogP) is 3.10. The van der Waals surface area contributed by atoms with E-state index in [0.29, 0.717) is 23.0 Å². The molecule has 7 heteroatoms. The Morgan fingerprint density at radius 2 is 2.00 bits per heavy atom. The highest BCUT2D eigenvalue weighted by Crippen LogP contribution is 2.19. The highest BCUT2D eigenvalue weighted by Gasteiger charge is 2.25. The molecule has 138 valence electrons. The maximum absolute atomic E-state index is 11.8. The Balaban J connectivity index is 1.89. The van der Waals surface area contributed by atoms with Crippen LogP contribution in [0.5, 0.6) is 0 Å². The fraction of sp³-hybridized carbons (Fsp3) is 0.556. The Morgan fingerprint density at radius 1 is 1.28 bits per heavy atom. The molecule has 0 aromatic heterocycles. The van der Waals surface area contributed by atoms with Crippen LogP contribution < -0.4 is 10.6 Å². The smallest absolute Gasteiger partial charge is 0.222 e. The maximum Gasteiger partial charge on any atom is 0.222 e. The molecule has 1 amide bonds. The first kappa shape index (κ1) is 19.9. The second kappa shape index (κ2) is 9.88. The molecule has 0 radical (unpaired) electrons. The van der Waals surface area contributed by atoms with Gasteiger partial charge in [-0.1, -0.05) is 30.1 Å². The number of halogens is 2. The third-order valence-electron chi connectivity index (χ3n) is 4.12. The van der Waals surface area contributed by atoms with Crippen LogP contribution in [0.2, 0.25) is 10.0 Å². The van der Waals surface area contributed by atoms with E-state index in [9.17, 15) is 4.79 Å². The highest BCUT2D eigenvalue weighted by atomic mass is 35.5. The average molecular weight is 385 g/mol. The SMILES string of the molecule is CCNC(=NCCc1cc(Cl)cc(Cl)c1)NC1CCN(C(=O)CC)C1. The highest BCUT2D eigenvalue weighted by molar-refractivity contribution is 6.34. The summed E-state index contributed by atoms with van der Waals surface area (Å²) in [6, 6.07) is 5.79. The van der Waals surface area contributed by atoms with E-state index in [-0.39, 0.29) is 11.9 Å². The number of hydrogen-bond acceptors (Lipinski definition) is 2. The first-order valence-corrected chi connectivity index (χ1v) is 9.55. The largest absolute Gasteiger partial charge is 0.357 e. The Bertz CT molecular complexity index is 601. The molecule has 1 atom stereocenters. The summed E-state index contributed by atoms with van der Waals surface area (Å²) in [7, 11) is 0. The Morgan fingerprint density at radius 3 is 2.64 bits per heavy atom. The molecular weight excluding hydrogens is 359 g/mol. The Labute approximate surface area is 159 Å². The number of hydrogen-bond donors (Lipinski definition) is 2. The number of likely N-dealkylation sites (tertiary alicyclic amines) is 1. The fourth-order valence-electron chi connectivity index (χ4n) is 2.89. The lowest BCUT2D eigenvalue weighted by Gasteiger charge is -2.18. The zero-order valence-electron chi connectivity index (χ0n) is 14.8. The molecule has 1 aliphatic heterocycles. The molecule has 25 heavy (non-hydrogen) atoms. The lowest BCUT2D eigenvalue weighted by atomic mass is 10.1. The lowest BCUT2D eigenvalue weighted by Crippen LogP contribution is -2.45. The van der Waals surface area contributed by atoms with Crippen molar-refractivity contribution in [2.24, 2.45) is 4.99 Å². The minimum absolute atomic E-state index is 0.212.